The van der Waals surface area contributed by atoms with Gasteiger partial charge in [-0.3, -0.25) is 4.68 Å². The Hall–Kier alpha value is -0.880. The molecule has 4 nitrogen and oxygen atoms in total. The van der Waals surface area contributed by atoms with Crippen LogP contribution in [0.1, 0.15) is 22.9 Å². The Morgan fingerprint density at radius 2 is 2.25 bits per heavy atom. The number of rotatable bonds is 5. The number of aromatic nitrogens is 2. The van der Waals surface area contributed by atoms with Gasteiger partial charge in [-0.2, -0.15) is 5.10 Å². The lowest BCUT2D eigenvalue weighted by molar-refractivity contribution is 0.182. The van der Waals surface area contributed by atoms with Gasteiger partial charge in [0, 0.05) is 12.1 Å². The molecule has 0 aliphatic rings. The molecule has 1 unspecified atom stereocenters. The molecule has 1 aromatic heterocycles. The van der Waals surface area contributed by atoms with Gasteiger partial charge in [-0.25, -0.2) is 0 Å². The molecule has 0 aliphatic carbocycles. The van der Waals surface area contributed by atoms with Gasteiger partial charge in [-0.05, 0) is 34.0 Å². The van der Waals surface area contributed by atoms with Crippen LogP contribution >= 0.6 is 27.5 Å². The van der Waals surface area contributed by atoms with Gasteiger partial charge < -0.3 is 10.5 Å². The van der Waals surface area contributed by atoms with Crippen LogP contribution in [0.2, 0.25) is 5.02 Å². The maximum absolute atomic E-state index is 6.39. The molecule has 2 N–H and O–H groups in total. The van der Waals surface area contributed by atoms with Crippen LogP contribution in [-0.4, -0.2) is 23.5 Å². The molecule has 2 rings (SSSR count). The summed E-state index contributed by atoms with van der Waals surface area (Å²) in [5, 5.41) is 5.02. The summed E-state index contributed by atoms with van der Waals surface area (Å²) < 4.78 is 7.81. The number of aryl methyl sites for hydroxylation is 1. The van der Waals surface area contributed by atoms with Gasteiger partial charge in [-0.1, -0.05) is 29.8 Å². The van der Waals surface area contributed by atoms with Gasteiger partial charge in [0.25, 0.3) is 0 Å². The van der Waals surface area contributed by atoms with Crippen molar-refractivity contribution in [3.63, 3.8) is 0 Å². The quantitative estimate of drug-likeness (QED) is 0.892. The first-order valence-electron chi connectivity index (χ1n) is 6.27. The van der Waals surface area contributed by atoms with E-state index in [4.69, 9.17) is 22.1 Å². The Morgan fingerprint density at radius 3 is 2.95 bits per heavy atom. The van der Waals surface area contributed by atoms with Crippen LogP contribution in [0, 0.1) is 6.92 Å². The predicted octanol–water partition coefficient (Wildman–Crippen LogP) is 3.30. The van der Waals surface area contributed by atoms with Crippen LogP contribution < -0.4 is 5.73 Å². The van der Waals surface area contributed by atoms with Crippen molar-refractivity contribution in [3.05, 3.63) is 50.7 Å². The Labute approximate surface area is 132 Å². The predicted molar refractivity (Wildman–Crippen MR) is 84.0 cm³/mol. The van der Waals surface area contributed by atoms with Gasteiger partial charge in [0.15, 0.2) is 0 Å². The molecule has 1 heterocycles. The molecule has 2 aromatic rings. The van der Waals surface area contributed by atoms with Crippen LogP contribution in [0.5, 0.6) is 0 Å². The fourth-order valence-corrected chi connectivity index (χ4v) is 2.88. The van der Waals surface area contributed by atoms with Crippen molar-refractivity contribution < 1.29 is 4.74 Å². The SMILES string of the molecule is COCCn1ncc(Br)c1C(N)c1cccc(C)c1Cl. The standard InChI is InChI=1S/C14H17BrClN3O/c1-9-4-3-5-10(12(9)16)13(17)14-11(15)8-18-19(14)6-7-20-2/h3-5,8,13H,6-7,17H2,1-2H3. The summed E-state index contributed by atoms with van der Waals surface area (Å²) in [6.45, 7) is 3.19. The molecule has 0 amide bonds. The second-order valence-corrected chi connectivity index (χ2v) is 5.78. The third-order valence-corrected chi connectivity index (χ3v) is 4.32. The number of halogens is 2. The zero-order valence-electron chi connectivity index (χ0n) is 11.4. The highest BCUT2D eigenvalue weighted by Crippen LogP contribution is 2.32. The normalized spacial score (nSPS) is 12.7. The third kappa shape index (κ3) is 3.06. The Balaban J connectivity index is 2.40. The van der Waals surface area contributed by atoms with E-state index in [2.05, 4.69) is 21.0 Å². The smallest absolute Gasteiger partial charge is 0.0749 e. The van der Waals surface area contributed by atoms with Gasteiger partial charge in [-0.15, -0.1) is 0 Å². The monoisotopic (exact) mass is 357 g/mol. The van der Waals surface area contributed by atoms with Crippen molar-refractivity contribution in [1.82, 2.24) is 9.78 Å². The Kier molecular flexibility index (Phi) is 5.21. The molecular formula is C14H17BrClN3O. The van der Waals surface area contributed by atoms with Crippen LogP contribution in [-0.2, 0) is 11.3 Å². The highest BCUT2D eigenvalue weighted by Gasteiger charge is 2.20. The average molecular weight is 359 g/mol. The summed E-state index contributed by atoms with van der Waals surface area (Å²) in [5.41, 5.74) is 9.19. The minimum absolute atomic E-state index is 0.337. The van der Waals surface area contributed by atoms with Crippen LogP contribution in [0.25, 0.3) is 0 Å². The fourth-order valence-electron chi connectivity index (χ4n) is 2.09. The van der Waals surface area contributed by atoms with Crippen LogP contribution in [0.15, 0.2) is 28.9 Å². The Bertz CT molecular complexity index is 600. The number of nitrogens with zero attached hydrogens (tertiary/aromatic N) is 2. The number of ether oxygens (including phenoxy) is 1. The third-order valence-electron chi connectivity index (χ3n) is 3.19. The molecule has 0 fully saturated rings. The number of hydrogen-bond acceptors (Lipinski definition) is 3. The number of hydrogen-bond donors (Lipinski definition) is 1. The second-order valence-electron chi connectivity index (χ2n) is 4.55. The maximum atomic E-state index is 6.39. The highest BCUT2D eigenvalue weighted by atomic mass is 79.9. The molecule has 0 spiro atoms. The van der Waals surface area contributed by atoms with Gasteiger partial charge in [0.05, 0.1) is 35.6 Å². The van der Waals surface area contributed by atoms with E-state index in [1.807, 2.05) is 29.8 Å². The van der Waals surface area contributed by atoms with Crippen molar-refractivity contribution >= 4 is 27.5 Å². The molecule has 0 radical (unpaired) electrons. The maximum Gasteiger partial charge on any atom is 0.0749 e. The summed E-state index contributed by atoms with van der Waals surface area (Å²) >= 11 is 9.87. The van der Waals surface area contributed by atoms with E-state index in [0.29, 0.717) is 18.2 Å². The fraction of sp³-hybridized carbons (Fsp3) is 0.357. The molecule has 0 bridgehead atoms. The molecule has 1 atom stereocenters. The van der Waals surface area contributed by atoms with Crippen molar-refractivity contribution in [2.24, 2.45) is 5.73 Å². The summed E-state index contributed by atoms with van der Waals surface area (Å²) in [5.74, 6) is 0. The highest BCUT2D eigenvalue weighted by molar-refractivity contribution is 9.10. The van der Waals surface area contributed by atoms with E-state index in [-0.39, 0.29) is 6.04 Å². The van der Waals surface area contributed by atoms with E-state index in [1.54, 1.807) is 13.3 Å². The summed E-state index contributed by atoms with van der Waals surface area (Å²) in [4.78, 5) is 0. The lowest BCUT2D eigenvalue weighted by atomic mass is 10.0. The first kappa shape index (κ1) is 15.5. The van der Waals surface area contributed by atoms with Gasteiger partial charge in [0.2, 0.25) is 0 Å². The van der Waals surface area contributed by atoms with Gasteiger partial charge >= 0.3 is 0 Å². The topological polar surface area (TPSA) is 53.1 Å². The summed E-state index contributed by atoms with van der Waals surface area (Å²) in [6.07, 6.45) is 1.74. The van der Waals surface area contributed by atoms with E-state index >= 15 is 0 Å². The van der Waals surface area contributed by atoms with Crippen molar-refractivity contribution in [1.29, 1.82) is 0 Å². The van der Waals surface area contributed by atoms with Crippen molar-refractivity contribution in [2.45, 2.75) is 19.5 Å². The minimum Gasteiger partial charge on any atom is -0.383 e. The molecule has 1 aromatic carbocycles. The molecule has 0 saturated heterocycles. The van der Waals surface area contributed by atoms with Gasteiger partial charge in [0.1, 0.15) is 0 Å². The first-order valence-corrected chi connectivity index (χ1v) is 7.44. The lowest BCUT2D eigenvalue weighted by Gasteiger charge is -2.17. The molecule has 6 heteroatoms. The van der Waals surface area contributed by atoms with Crippen molar-refractivity contribution in [3.8, 4) is 0 Å². The number of nitrogens with two attached hydrogens (primary N) is 1. The van der Waals surface area contributed by atoms with Crippen LogP contribution in [0.4, 0.5) is 0 Å². The lowest BCUT2D eigenvalue weighted by Crippen LogP contribution is -2.20. The van der Waals surface area contributed by atoms with E-state index < -0.39 is 0 Å². The molecule has 108 valence electrons. The Morgan fingerprint density at radius 1 is 1.50 bits per heavy atom. The molecule has 0 aliphatic heterocycles. The van der Waals surface area contributed by atoms with Crippen LogP contribution in [0.3, 0.4) is 0 Å². The molecule has 20 heavy (non-hydrogen) atoms. The minimum atomic E-state index is -0.337. The molecular weight excluding hydrogens is 342 g/mol. The summed E-state index contributed by atoms with van der Waals surface area (Å²) in [6, 6.07) is 5.53. The second kappa shape index (κ2) is 6.72. The number of benzene rings is 1. The largest absolute Gasteiger partial charge is 0.383 e. The van der Waals surface area contributed by atoms with E-state index in [0.717, 1.165) is 21.3 Å². The van der Waals surface area contributed by atoms with E-state index in [1.165, 1.54) is 0 Å². The van der Waals surface area contributed by atoms with Crippen molar-refractivity contribution in [2.75, 3.05) is 13.7 Å². The molecule has 0 saturated carbocycles. The summed E-state index contributed by atoms with van der Waals surface area (Å²) in [7, 11) is 1.66. The zero-order valence-corrected chi connectivity index (χ0v) is 13.8. The van der Waals surface area contributed by atoms with E-state index in [9.17, 15) is 0 Å². The first-order chi connectivity index (χ1) is 9.56. The average Bonchev–Trinajstić information content (AvgIpc) is 2.80. The zero-order chi connectivity index (χ0) is 14.7. The number of methoxy groups -OCH3 is 1.